The van der Waals surface area contributed by atoms with Gasteiger partial charge in [0.05, 0.1) is 0 Å². The number of primary amides is 1. The second-order valence-electron chi connectivity index (χ2n) is 3.46. The van der Waals surface area contributed by atoms with Crippen LogP contribution in [0.4, 0.5) is 10.5 Å². The van der Waals surface area contributed by atoms with E-state index in [0.717, 1.165) is 11.3 Å². The average Bonchev–Trinajstić information content (AvgIpc) is 2.25. The van der Waals surface area contributed by atoms with Crippen molar-refractivity contribution in [2.24, 2.45) is 10.7 Å². The number of carbonyl (C=O) groups is 1. The van der Waals surface area contributed by atoms with E-state index in [0.29, 0.717) is 0 Å². The predicted molar refractivity (Wildman–Crippen MR) is 67.9 cm³/mol. The maximum absolute atomic E-state index is 10.3. The van der Waals surface area contributed by atoms with Crippen molar-refractivity contribution in [2.45, 2.75) is 0 Å². The lowest BCUT2D eigenvalue weighted by atomic mass is 10.2. The fourth-order valence-electron chi connectivity index (χ4n) is 1.15. The Morgan fingerprint density at radius 2 is 1.94 bits per heavy atom. The van der Waals surface area contributed by atoms with E-state index >= 15 is 0 Å². The Morgan fingerprint density at radius 3 is 2.44 bits per heavy atom. The fourth-order valence-corrected chi connectivity index (χ4v) is 1.15. The molecule has 0 atom stereocenters. The standard InChI is InChI=1S/C12H15N3O/c1-15(2)11-7-5-10(6-8-11)4-3-9-14-12(13)16/h3-9H,1-2H3,(H2,13,16)/b4-3+,14-9-. The van der Waals surface area contributed by atoms with Crippen LogP contribution in [0.15, 0.2) is 35.3 Å². The highest BCUT2D eigenvalue weighted by atomic mass is 16.2. The minimum atomic E-state index is -0.687. The van der Waals surface area contributed by atoms with Crippen molar-refractivity contribution in [1.82, 2.24) is 0 Å². The Morgan fingerprint density at radius 1 is 1.31 bits per heavy atom. The third-order valence-corrected chi connectivity index (χ3v) is 1.99. The number of nitrogens with two attached hydrogens (primary N) is 1. The highest BCUT2D eigenvalue weighted by Gasteiger charge is 1.92. The molecule has 1 aromatic carbocycles. The minimum absolute atomic E-state index is 0.687. The molecule has 0 fully saturated rings. The lowest BCUT2D eigenvalue weighted by Crippen LogP contribution is -2.07. The van der Waals surface area contributed by atoms with E-state index < -0.39 is 6.03 Å². The van der Waals surface area contributed by atoms with Crippen molar-refractivity contribution in [3.05, 3.63) is 35.9 Å². The number of carbonyl (C=O) groups excluding carboxylic acids is 1. The van der Waals surface area contributed by atoms with Crippen LogP contribution in [0.5, 0.6) is 0 Å². The largest absolute Gasteiger partial charge is 0.378 e. The van der Waals surface area contributed by atoms with Gasteiger partial charge >= 0.3 is 6.03 Å². The molecule has 0 saturated carbocycles. The van der Waals surface area contributed by atoms with Crippen LogP contribution >= 0.6 is 0 Å². The van der Waals surface area contributed by atoms with Crippen molar-refractivity contribution >= 4 is 24.0 Å². The normalized spacial score (nSPS) is 11.1. The van der Waals surface area contributed by atoms with Crippen LogP contribution < -0.4 is 10.6 Å². The van der Waals surface area contributed by atoms with E-state index in [1.54, 1.807) is 6.08 Å². The van der Waals surface area contributed by atoms with Crippen LogP contribution in [0.1, 0.15) is 5.56 Å². The van der Waals surface area contributed by atoms with Gasteiger partial charge in [-0.15, -0.1) is 0 Å². The molecule has 0 aliphatic heterocycles. The zero-order valence-corrected chi connectivity index (χ0v) is 9.42. The molecule has 0 aliphatic carbocycles. The first-order valence-electron chi connectivity index (χ1n) is 4.87. The van der Waals surface area contributed by atoms with Gasteiger partial charge in [-0.05, 0) is 23.8 Å². The highest BCUT2D eigenvalue weighted by Crippen LogP contribution is 2.12. The van der Waals surface area contributed by atoms with Crippen molar-refractivity contribution in [2.75, 3.05) is 19.0 Å². The third-order valence-electron chi connectivity index (χ3n) is 1.99. The molecule has 4 heteroatoms. The lowest BCUT2D eigenvalue weighted by Gasteiger charge is -2.11. The molecule has 16 heavy (non-hydrogen) atoms. The van der Waals surface area contributed by atoms with Gasteiger partial charge in [0.2, 0.25) is 0 Å². The molecule has 0 saturated heterocycles. The molecule has 0 aliphatic rings. The molecule has 4 nitrogen and oxygen atoms in total. The number of aliphatic imine (C=N–C) groups is 1. The summed E-state index contributed by atoms with van der Waals surface area (Å²) in [6.07, 6.45) is 4.91. The second kappa shape index (κ2) is 5.70. The zero-order chi connectivity index (χ0) is 12.0. The number of amides is 2. The SMILES string of the molecule is CN(C)c1ccc(/C=C/C=N\C(N)=O)cc1. The fraction of sp³-hybridized carbons (Fsp3) is 0.167. The molecule has 1 rings (SSSR count). The van der Waals surface area contributed by atoms with Crippen LogP contribution in [-0.4, -0.2) is 26.3 Å². The molecular formula is C12H15N3O. The molecule has 0 aromatic heterocycles. The summed E-state index contributed by atoms with van der Waals surface area (Å²) >= 11 is 0. The van der Waals surface area contributed by atoms with Crippen LogP contribution in [0, 0.1) is 0 Å². The Hall–Kier alpha value is -2.10. The third kappa shape index (κ3) is 3.96. The Labute approximate surface area is 95.1 Å². The van der Waals surface area contributed by atoms with Crippen molar-refractivity contribution < 1.29 is 4.79 Å². The summed E-state index contributed by atoms with van der Waals surface area (Å²) in [7, 11) is 3.98. The summed E-state index contributed by atoms with van der Waals surface area (Å²) < 4.78 is 0. The number of allylic oxidation sites excluding steroid dienone is 1. The molecule has 1 aromatic rings. The monoisotopic (exact) mass is 217 g/mol. The second-order valence-corrected chi connectivity index (χ2v) is 3.46. The van der Waals surface area contributed by atoms with Gasteiger partial charge in [-0.2, -0.15) is 0 Å². The van der Waals surface area contributed by atoms with Crippen LogP contribution in [-0.2, 0) is 0 Å². The number of benzene rings is 1. The number of nitrogens with zero attached hydrogens (tertiary/aromatic N) is 2. The van der Waals surface area contributed by atoms with Gasteiger partial charge in [0.15, 0.2) is 0 Å². The first-order valence-corrected chi connectivity index (χ1v) is 4.87. The molecule has 0 spiro atoms. The Kier molecular flexibility index (Phi) is 4.27. The molecule has 0 radical (unpaired) electrons. The maximum atomic E-state index is 10.3. The highest BCUT2D eigenvalue weighted by molar-refractivity contribution is 5.88. The van der Waals surface area contributed by atoms with Crippen molar-refractivity contribution in [3.63, 3.8) is 0 Å². The van der Waals surface area contributed by atoms with E-state index in [9.17, 15) is 4.79 Å². The zero-order valence-electron chi connectivity index (χ0n) is 9.42. The summed E-state index contributed by atoms with van der Waals surface area (Å²) in [5.41, 5.74) is 7.03. The van der Waals surface area contributed by atoms with Gasteiger partial charge in [0, 0.05) is 26.0 Å². The first-order chi connectivity index (χ1) is 7.59. The summed E-state index contributed by atoms with van der Waals surface area (Å²) in [5, 5.41) is 0. The quantitative estimate of drug-likeness (QED) is 0.786. The Balaban J connectivity index is 2.65. The number of hydrogen-bond donors (Lipinski definition) is 1. The Bertz CT molecular complexity index is 405. The van der Waals surface area contributed by atoms with Crippen LogP contribution in [0.25, 0.3) is 6.08 Å². The van der Waals surface area contributed by atoms with E-state index in [-0.39, 0.29) is 0 Å². The van der Waals surface area contributed by atoms with Crippen LogP contribution in [0.2, 0.25) is 0 Å². The van der Waals surface area contributed by atoms with E-state index in [1.807, 2.05) is 49.3 Å². The molecule has 0 heterocycles. The number of urea groups is 1. The summed E-state index contributed by atoms with van der Waals surface area (Å²) in [5.74, 6) is 0. The smallest absolute Gasteiger partial charge is 0.338 e. The van der Waals surface area contributed by atoms with E-state index in [4.69, 9.17) is 5.73 Å². The summed E-state index contributed by atoms with van der Waals surface area (Å²) in [6, 6.07) is 7.33. The number of rotatable bonds is 3. The molecular weight excluding hydrogens is 202 g/mol. The lowest BCUT2D eigenvalue weighted by molar-refractivity contribution is 0.257. The van der Waals surface area contributed by atoms with Crippen LogP contribution in [0.3, 0.4) is 0 Å². The number of hydrogen-bond acceptors (Lipinski definition) is 2. The molecule has 0 bridgehead atoms. The summed E-state index contributed by atoms with van der Waals surface area (Å²) in [6.45, 7) is 0. The van der Waals surface area contributed by atoms with Gasteiger partial charge in [0.25, 0.3) is 0 Å². The van der Waals surface area contributed by atoms with Gasteiger partial charge < -0.3 is 10.6 Å². The predicted octanol–water partition coefficient (Wildman–Crippen LogP) is 1.92. The molecule has 0 unspecified atom stereocenters. The maximum Gasteiger partial charge on any atom is 0.338 e. The average molecular weight is 217 g/mol. The topological polar surface area (TPSA) is 58.7 Å². The molecule has 2 amide bonds. The summed E-state index contributed by atoms with van der Waals surface area (Å²) in [4.78, 5) is 15.7. The van der Waals surface area contributed by atoms with Gasteiger partial charge in [0.1, 0.15) is 0 Å². The minimum Gasteiger partial charge on any atom is -0.378 e. The molecule has 2 N–H and O–H groups in total. The van der Waals surface area contributed by atoms with Gasteiger partial charge in [-0.25, -0.2) is 9.79 Å². The molecule has 84 valence electrons. The van der Waals surface area contributed by atoms with Gasteiger partial charge in [-0.1, -0.05) is 18.2 Å². The van der Waals surface area contributed by atoms with Crippen molar-refractivity contribution in [1.29, 1.82) is 0 Å². The number of anilines is 1. The van der Waals surface area contributed by atoms with Gasteiger partial charge in [-0.3, -0.25) is 0 Å². The van der Waals surface area contributed by atoms with E-state index in [2.05, 4.69) is 4.99 Å². The van der Waals surface area contributed by atoms with E-state index in [1.165, 1.54) is 6.21 Å². The van der Waals surface area contributed by atoms with Crippen molar-refractivity contribution in [3.8, 4) is 0 Å². The first kappa shape index (κ1) is 12.0.